The van der Waals surface area contributed by atoms with Gasteiger partial charge in [0.1, 0.15) is 0 Å². The summed E-state index contributed by atoms with van der Waals surface area (Å²) in [5.74, 6) is 0.212. The van der Waals surface area contributed by atoms with Crippen LogP contribution in [0.3, 0.4) is 0 Å². The zero-order valence-electron chi connectivity index (χ0n) is 17.9. The lowest BCUT2D eigenvalue weighted by molar-refractivity contribution is -0.175. The van der Waals surface area contributed by atoms with Gasteiger partial charge in [-0.2, -0.15) is 0 Å². The van der Waals surface area contributed by atoms with Gasteiger partial charge in [-0.15, -0.1) is 0 Å². The van der Waals surface area contributed by atoms with Gasteiger partial charge in [-0.1, -0.05) is 37.3 Å². The summed E-state index contributed by atoms with van der Waals surface area (Å²) in [7, 11) is 0. The van der Waals surface area contributed by atoms with E-state index in [1.165, 1.54) is 12.0 Å². The molecule has 4 saturated carbocycles. The first kappa shape index (κ1) is 20.9. The Morgan fingerprint density at radius 1 is 1.10 bits per heavy atom. The van der Waals surface area contributed by atoms with Crippen LogP contribution < -0.4 is 10.6 Å². The van der Waals surface area contributed by atoms with Crippen LogP contribution in [-0.2, 0) is 19.7 Å². The first-order chi connectivity index (χ1) is 14.3. The Bertz CT molecular complexity index is 808. The molecule has 0 aromatic heterocycles. The molecule has 4 bridgehead atoms. The molecule has 0 saturated heterocycles. The van der Waals surface area contributed by atoms with Crippen molar-refractivity contribution in [1.82, 2.24) is 10.6 Å². The van der Waals surface area contributed by atoms with E-state index in [-0.39, 0.29) is 17.4 Å². The van der Waals surface area contributed by atoms with E-state index in [0.29, 0.717) is 11.8 Å². The molecule has 4 aliphatic carbocycles. The fourth-order valence-electron chi connectivity index (χ4n) is 6.44. The quantitative estimate of drug-likeness (QED) is 0.698. The number of rotatable bonds is 6. The summed E-state index contributed by atoms with van der Waals surface area (Å²) in [4.78, 5) is 37.1. The van der Waals surface area contributed by atoms with Crippen LogP contribution in [0.25, 0.3) is 0 Å². The lowest BCUT2D eigenvalue weighted by Gasteiger charge is -2.61. The molecule has 1 aromatic carbocycles. The van der Waals surface area contributed by atoms with E-state index < -0.39 is 24.0 Å². The second kappa shape index (κ2) is 8.05. The Labute approximate surface area is 178 Å². The first-order valence-corrected chi connectivity index (χ1v) is 11.2. The van der Waals surface area contributed by atoms with E-state index in [4.69, 9.17) is 4.74 Å². The van der Waals surface area contributed by atoms with Crippen molar-refractivity contribution in [3.8, 4) is 0 Å². The van der Waals surface area contributed by atoms with Crippen LogP contribution >= 0.6 is 0 Å². The van der Waals surface area contributed by atoms with Gasteiger partial charge < -0.3 is 10.1 Å². The number of imide groups is 1. The summed E-state index contributed by atoms with van der Waals surface area (Å²) < 4.78 is 5.47. The number of amides is 3. The summed E-state index contributed by atoms with van der Waals surface area (Å²) in [5, 5.41) is 4.91. The predicted molar refractivity (Wildman–Crippen MR) is 113 cm³/mol. The van der Waals surface area contributed by atoms with Gasteiger partial charge in [-0.3, -0.25) is 14.9 Å². The molecular formula is C24H32N2O4. The largest absolute Gasteiger partial charge is 0.455 e. The van der Waals surface area contributed by atoms with Gasteiger partial charge in [0.2, 0.25) is 0 Å². The second-order valence-electron chi connectivity index (χ2n) is 9.79. The maximum atomic E-state index is 13.2. The average Bonchev–Trinajstić information content (AvgIpc) is 2.71. The molecule has 6 heteroatoms. The van der Waals surface area contributed by atoms with Crippen molar-refractivity contribution in [3.63, 3.8) is 0 Å². The number of carbonyl (C=O) groups excluding carboxylic acids is 3. The summed E-state index contributed by atoms with van der Waals surface area (Å²) in [6, 6.07) is 9.99. The van der Waals surface area contributed by atoms with Crippen molar-refractivity contribution in [2.24, 2.45) is 17.3 Å². The predicted octanol–water partition coefficient (Wildman–Crippen LogP) is 3.69. The van der Waals surface area contributed by atoms with E-state index >= 15 is 0 Å². The number of ether oxygens (including phenoxy) is 1. The first-order valence-electron chi connectivity index (χ1n) is 11.2. The van der Waals surface area contributed by atoms with Crippen LogP contribution in [0.2, 0.25) is 0 Å². The molecule has 2 N–H and O–H groups in total. The van der Waals surface area contributed by atoms with Crippen LogP contribution in [0.1, 0.15) is 64.4 Å². The third-order valence-corrected chi connectivity index (χ3v) is 7.46. The van der Waals surface area contributed by atoms with Crippen LogP contribution in [0, 0.1) is 17.3 Å². The third kappa shape index (κ3) is 3.96. The Morgan fingerprint density at radius 3 is 2.40 bits per heavy atom. The standard InChI is InChI=1S/C24H32N2O4/c1-3-16(2)25-22(29)26-20(27)14-30-21(28)24-12-17-9-18(13-24)11-23(10-17,15-24)19-7-5-4-6-8-19/h4-8,16-18H,3,9-15H2,1-2H3,(H2,25,26,27,29)/t16-,17-,18+,23?,24?/m0/s1. The van der Waals surface area contributed by atoms with Gasteiger partial charge in [0.25, 0.3) is 5.91 Å². The number of hydrogen-bond donors (Lipinski definition) is 2. The Morgan fingerprint density at radius 2 is 1.77 bits per heavy atom. The molecule has 0 spiro atoms. The van der Waals surface area contributed by atoms with Crippen LogP contribution in [0.15, 0.2) is 30.3 Å². The highest BCUT2D eigenvalue weighted by molar-refractivity contribution is 5.95. The van der Waals surface area contributed by atoms with E-state index in [1.807, 2.05) is 19.9 Å². The molecule has 162 valence electrons. The summed E-state index contributed by atoms with van der Waals surface area (Å²) >= 11 is 0. The van der Waals surface area contributed by atoms with Crippen molar-refractivity contribution in [2.75, 3.05) is 6.61 Å². The highest BCUT2D eigenvalue weighted by Crippen LogP contribution is 2.66. The maximum Gasteiger partial charge on any atom is 0.321 e. The minimum atomic E-state index is -0.591. The Balaban J connectivity index is 1.41. The number of carbonyl (C=O) groups is 3. The molecule has 5 atom stereocenters. The fraction of sp³-hybridized carbons (Fsp3) is 0.625. The van der Waals surface area contributed by atoms with Crippen molar-refractivity contribution in [1.29, 1.82) is 0 Å². The van der Waals surface area contributed by atoms with Gasteiger partial charge in [-0.25, -0.2) is 4.79 Å². The molecule has 3 amide bonds. The van der Waals surface area contributed by atoms with Crippen LogP contribution in [-0.4, -0.2) is 30.6 Å². The van der Waals surface area contributed by atoms with Crippen molar-refractivity contribution >= 4 is 17.9 Å². The minimum absolute atomic E-state index is 0.0263. The average molecular weight is 413 g/mol. The smallest absolute Gasteiger partial charge is 0.321 e. The van der Waals surface area contributed by atoms with Gasteiger partial charge in [0.05, 0.1) is 5.41 Å². The summed E-state index contributed by atoms with van der Waals surface area (Å²) in [6.07, 6.45) is 6.74. The minimum Gasteiger partial charge on any atom is -0.455 e. The van der Waals surface area contributed by atoms with Crippen LogP contribution in [0.5, 0.6) is 0 Å². The molecule has 4 aliphatic rings. The van der Waals surface area contributed by atoms with Gasteiger partial charge in [0.15, 0.2) is 6.61 Å². The van der Waals surface area contributed by atoms with Crippen molar-refractivity contribution in [3.05, 3.63) is 35.9 Å². The van der Waals surface area contributed by atoms with Crippen LogP contribution in [0.4, 0.5) is 4.79 Å². The number of nitrogens with one attached hydrogen (secondary N) is 2. The zero-order valence-corrected chi connectivity index (χ0v) is 17.9. The molecule has 1 aromatic rings. The second-order valence-corrected chi connectivity index (χ2v) is 9.79. The van der Waals surface area contributed by atoms with Gasteiger partial charge in [0, 0.05) is 6.04 Å². The number of esters is 1. The summed E-state index contributed by atoms with van der Waals surface area (Å²) in [6.45, 7) is 3.39. The number of urea groups is 1. The van der Waals surface area contributed by atoms with Crippen molar-refractivity contribution in [2.45, 2.75) is 70.3 Å². The molecule has 2 unspecified atom stereocenters. The Kier molecular flexibility index (Phi) is 5.60. The highest BCUT2D eigenvalue weighted by atomic mass is 16.5. The molecule has 0 heterocycles. The lowest BCUT2D eigenvalue weighted by atomic mass is 9.43. The monoisotopic (exact) mass is 412 g/mol. The highest BCUT2D eigenvalue weighted by Gasteiger charge is 2.61. The maximum absolute atomic E-state index is 13.2. The van der Waals surface area contributed by atoms with Gasteiger partial charge in [-0.05, 0) is 74.7 Å². The van der Waals surface area contributed by atoms with E-state index in [0.717, 1.165) is 38.5 Å². The lowest BCUT2D eigenvalue weighted by Crippen LogP contribution is -2.57. The molecule has 30 heavy (non-hydrogen) atoms. The fourth-order valence-corrected chi connectivity index (χ4v) is 6.44. The molecular weight excluding hydrogens is 380 g/mol. The van der Waals surface area contributed by atoms with E-state index in [1.54, 1.807) is 0 Å². The van der Waals surface area contributed by atoms with E-state index in [2.05, 4.69) is 34.9 Å². The number of hydrogen-bond acceptors (Lipinski definition) is 4. The van der Waals surface area contributed by atoms with Crippen molar-refractivity contribution < 1.29 is 19.1 Å². The topological polar surface area (TPSA) is 84.5 Å². The SMILES string of the molecule is CC[C@H](C)NC(=O)NC(=O)COC(=O)C12C[C@H]3C[C@@H](C1)CC(c1ccccc1)(C3)C2. The molecule has 4 fully saturated rings. The zero-order chi connectivity index (χ0) is 21.4. The normalized spacial score (nSPS) is 32.3. The Hall–Kier alpha value is -2.37. The van der Waals surface area contributed by atoms with E-state index in [9.17, 15) is 14.4 Å². The molecule has 5 rings (SSSR count). The number of benzene rings is 1. The summed E-state index contributed by atoms with van der Waals surface area (Å²) in [5.41, 5.74) is 0.873. The third-order valence-electron chi connectivity index (χ3n) is 7.46. The molecule has 0 radical (unpaired) electrons. The molecule has 6 nitrogen and oxygen atoms in total. The molecule has 0 aliphatic heterocycles. The van der Waals surface area contributed by atoms with Gasteiger partial charge >= 0.3 is 12.0 Å².